The molecule has 3 N–H and O–H groups in total. The van der Waals surface area contributed by atoms with Gasteiger partial charge in [0.05, 0.1) is 23.9 Å². The van der Waals surface area contributed by atoms with Crippen molar-refractivity contribution >= 4 is 17.3 Å². The van der Waals surface area contributed by atoms with Crippen LogP contribution >= 0.6 is 11.6 Å². The molecule has 0 atom stereocenters. The smallest absolute Gasteiger partial charge is 0.124 e. The summed E-state index contributed by atoms with van der Waals surface area (Å²) in [7, 11) is 0. The summed E-state index contributed by atoms with van der Waals surface area (Å²) in [5.74, 6) is -0.400. The minimum atomic E-state index is -0.627. The zero-order chi connectivity index (χ0) is 12.2. The average molecular weight is 248 g/mol. The molecule has 3 nitrogen and oxygen atoms in total. The van der Waals surface area contributed by atoms with E-state index >= 15 is 0 Å². The van der Waals surface area contributed by atoms with Crippen LogP contribution in [0.4, 0.5) is 10.1 Å². The Labute approximate surface area is 98.9 Å². The van der Waals surface area contributed by atoms with Crippen molar-refractivity contribution in [2.24, 2.45) is 5.41 Å². The summed E-state index contributed by atoms with van der Waals surface area (Å²) in [4.78, 5) is 0. The Morgan fingerprint density at radius 2 is 2.00 bits per heavy atom. The average Bonchev–Trinajstić information content (AvgIpc) is 2.27. The lowest BCUT2D eigenvalue weighted by molar-refractivity contribution is 0.0806. The highest BCUT2D eigenvalue weighted by molar-refractivity contribution is 6.33. The number of aliphatic hydroxyl groups is 2. The van der Waals surface area contributed by atoms with E-state index < -0.39 is 11.2 Å². The molecule has 0 amide bonds. The number of aliphatic hydroxyl groups excluding tert-OH is 2. The number of anilines is 1. The second-order valence-electron chi connectivity index (χ2n) is 4.10. The molecular formula is C11H15ClFNO2. The van der Waals surface area contributed by atoms with Crippen LogP contribution in [-0.4, -0.2) is 30.0 Å². The van der Waals surface area contributed by atoms with Gasteiger partial charge in [-0.1, -0.05) is 18.5 Å². The fourth-order valence-electron chi connectivity index (χ4n) is 1.10. The van der Waals surface area contributed by atoms with E-state index in [4.69, 9.17) is 21.8 Å². The molecule has 1 aromatic rings. The summed E-state index contributed by atoms with van der Waals surface area (Å²) in [5.41, 5.74) is -0.0475. The van der Waals surface area contributed by atoms with Gasteiger partial charge in [-0.3, -0.25) is 0 Å². The Bertz CT molecular complexity index is 356. The van der Waals surface area contributed by atoms with Crippen molar-refractivity contribution in [3.05, 3.63) is 29.0 Å². The van der Waals surface area contributed by atoms with E-state index in [0.717, 1.165) is 0 Å². The van der Waals surface area contributed by atoms with Gasteiger partial charge in [-0.25, -0.2) is 4.39 Å². The van der Waals surface area contributed by atoms with Gasteiger partial charge in [0.2, 0.25) is 0 Å². The first kappa shape index (κ1) is 13.2. The zero-order valence-electron chi connectivity index (χ0n) is 9.00. The first-order valence-corrected chi connectivity index (χ1v) is 5.29. The topological polar surface area (TPSA) is 52.5 Å². The highest BCUT2D eigenvalue weighted by Crippen LogP contribution is 2.24. The molecule has 0 saturated carbocycles. The van der Waals surface area contributed by atoms with Gasteiger partial charge in [0.25, 0.3) is 0 Å². The quantitative estimate of drug-likeness (QED) is 0.745. The summed E-state index contributed by atoms with van der Waals surface area (Å²) >= 11 is 5.82. The third kappa shape index (κ3) is 3.33. The van der Waals surface area contributed by atoms with Crippen LogP contribution in [0.25, 0.3) is 0 Å². The Morgan fingerprint density at radius 3 is 2.50 bits per heavy atom. The van der Waals surface area contributed by atoms with E-state index in [1.165, 1.54) is 18.2 Å². The van der Waals surface area contributed by atoms with Gasteiger partial charge < -0.3 is 15.5 Å². The van der Waals surface area contributed by atoms with Gasteiger partial charge in [-0.2, -0.15) is 0 Å². The third-order valence-electron chi connectivity index (χ3n) is 2.40. The highest BCUT2D eigenvalue weighted by Gasteiger charge is 2.22. The van der Waals surface area contributed by atoms with Crippen LogP contribution in [0, 0.1) is 11.2 Å². The monoisotopic (exact) mass is 247 g/mol. The number of hydrogen-bond donors (Lipinski definition) is 3. The summed E-state index contributed by atoms with van der Waals surface area (Å²) < 4.78 is 12.8. The van der Waals surface area contributed by atoms with E-state index in [9.17, 15) is 4.39 Å². The van der Waals surface area contributed by atoms with Gasteiger partial charge in [-0.15, -0.1) is 0 Å². The third-order valence-corrected chi connectivity index (χ3v) is 2.71. The maximum Gasteiger partial charge on any atom is 0.124 e. The van der Waals surface area contributed by atoms with E-state index in [-0.39, 0.29) is 18.2 Å². The molecule has 0 bridgehead atoms. The van der Waals surface area contributed by atoms with Crippen molar-refractivity contribution in [1.29, 1.82) is 0 Å². The van der Waals surface area contributed by atoms with Crippen LogP contribution in [0.5, 0.6) is 0 Å². The molecule has 0 heterocycles. The summed E-state index contributed by atoms with van der Waals surface area (Å²) in [5, 5.41) is 21.4. The van der Waals surface area contributed by atoms with Crippen LogP contribution in [-0.2, 0) is 0 Å². The molecule has 1 aromatic carbocycles. The van der Waals surface area contributed by atoms with E-state index in [0.29, 0.717) is 12.2 Å². The molecule has 0 fully saturated rings. The first-order chi connectivity index (χ1) is 7.50. The summed E-state index contributed by atoms with van der Waals surface area (Å²) in [6.07, 6.45) is 0. The van der Waals surface area contributed by atoms with Gasteiger partial charge in [0.1, 0.15) is 5.82 Å². The molecule has 0 radical (unpaired) electrons. The lowest BCUT2D eigenvalue weighted by Crippen LogP contribution is -2.34. The van der Waals surface area contributed by atoms with E-state index in [2.05, 4.69) is 5.32 Å². The van der Waals surface area contributed by atoms with Crippen molar-refractivity contribution in [3.8, 4) is 0 Å². The maximum absolute atomic E-state index is 12.8. The fraction of sp³-hybridized carbons (Fsp3) is 0.455. The number of benzene rings is 1. The largest absolute Gasteiger partial charge is 0.396 e. The molecule has 0 spiro atoms. The number of halogens is 2. The molecular weight excluding hydrogens is 233 g/mol. The second kappa shape index (κ2) is 5.48. The van der Waals surface area contributed by atoms with Crippen LogP contribution in [0.1, 0.15) is 6.92 Å². The van der Waals surface area contributed by atoms with Gasteiger partial charge in [0, 0.05) is 12.0 Å². The Hall–Kier alpha value is -0.840. The van der Waals surface area contributed by atoms with Crippen LogP contribution in [0.2, 0.25) is 5.02 Å². The van der Waals surface area contributed by atoms with Crippen molar-refractivity contribution in [1.82, 2.24) is 0 Å². The van der Waals surface area contributed by atoms with Crippen molar-refractivity contribution in [2.75, 3.05) is 25.1 Å². The van der Waals surface area contributed by atoms with Gasteiger partial charge >= 0.3 is 0 Å². The van der Waals surface area contributed by atoms with Crippen molar-refractivity contribution in [3.63, 3.8) is 0 Å². The summed E-state index contributed by atoms with van der Waals surface area (Å²) in [6.45, 7) is 1.80. The van der Waals surface area contributed by atoms with E-state index in [1.807, 2.05) is 0 Å². The van der Waals surface area contributed by atoms with Crippen molar-refractivity contribution in [2.45, 2.75) is 6.92 Å². The summed E-state index contributed by atoms with van der Waals surface area (Å²) in [6, 6.07) is 4.02. The molecule has 0 aliphatic carbocycles. The van der Waals surface area contributed by atoms with Gasteiger partial charge in [0.15, 0.2) is 0 Å². The normalized spacial score (nSPS) is 11.6. The predicted molar refractivity (Wildman–Crippen MR) is 62.2 cm³/mol. The maximum atomic E-state index is 12.8. The van der Waals surface area contributed by atoms with Crippen LogP contribution < -0.4 is 5.32 Å². The SMILES string of the molecule is CC(CO)(CO)CNc1ccc(F)cc1Cl. The minimum Gasteiger partial charge on any atom is -0.396 e. The minimum absolute atomic E-state index is 0.144. The molecule has 0 aromatic heterocycles. The molecule has 0 aliphatic heterocycles. The highest BCUT2D eigenvalue weighted by atomic mass is 35.5. The molecule has 1 rings (SSSR count). The Balaban J connectivity index is 2.67. The van der Waals surface area contributed by atoms with Crippen LogP contribution in [0.15, 0.2) is 18.2 Å². The fourth-order valence-corrected chi connectivity index (χ4v) is 1.34. The lowest BCUT2D eigenvalue weighted by atomic mass is 9.93. The van der Waals surface area contributed by atoms with E-state index in [1.54, 1.807) is 6.92 Å². The standard InChI is InChI=1S/C11H15ClFNO2/c1-11(6-15,7-16)5-14-10-3-2-8(13)4-9(10)12/h2-4,14-16H,5-7H2,1H3. The molecule has 0 unspecified atom stereocenters. The predicted octanol–water partition coefficient (Wildman–Crippen LogP) is 1.88. The lowest BCUT2D eigenvalue weighted by Gasteiger charge is -2.25. The molecule has 5 heteroatoms. The van der Waals surface area contributed by atoms with Crippen molar-refractivity contribution < 1.29 is 14.6 Å². The molecule has 16 heavy (non-hydrogen) atoms. The number of nitrogens with one attached hydrogen (secondary N) is 1. The molecule has 90 valence electrons. The number of rotatable bonds is 5. The number of hydrogen-bond acceptors (Lipinski definition) is 3. The Kier molecular flexibility index (Phi) is 4.53. The Morgan fingerprint density at radius 1 is 1.38 bits per heavy atom. The molecule has 0 aliphatic rings. The second-order valence-corrected chi connectivity index (χ2v) is 4.51. The molecule has 0 saturated heterocycles. The first-order valence-electron chi connectivity index (χ1n) is 4.91. The zero-order valence-corrected chi connectivity index (χ0v) is 9.76. The van der Waals surface area contributed by atoms with Crippen LogP contribution in [0.3, 0.4) is 0 Å². The van der Waals surface area contributed by atoms with Gasteiger partial charge in [-0.05, 0) is 18.2 Å².